The third kappa shape index (κ3) is 2.44. The average Bonchev–Trinajstić information content (AvgIpc) is 2.63. The van der Waals surface area contributed by atoms with Gasteiger partial charge in [0, 0.05) is 5.92 Å². The number of thiophene rings is 1. The minimum atomic E-state index is 0.301. The van der Waals surface area contributed by atoms with Crippen LogP contribution in [0.4, 0.5) is 0 Å². The second-order valence-corrected chi connectivity index (χ2v) is 5.82. The number of rotatable bonds is 2. The lowest BCUT2D eigenvalue weighted by atomic mass is 10.2. The first-order chi connectivity index (χ1) is 7.58. The van der Waals surface area contributed by atoms with E-state index in [1.807, 2.05) is 17.5 Å². The molecule has 0 aliphatic rings. The SMILES string of the molecule is CC(C)c1nc(Br)cc(-c2sccc2Cl)n1. The third-order valence-corrected chi connectivity index (χ3v) is 3.85. The van der Waals surface area contributed by atoms with Gasteiger partial charge in [-0.1, -0.05) is 25.4 Å². The number of halogens is 2. The summed E-state index contributed by atoms with van der Waals surface area (Å²) in [6, 6.07) is 3.77. The topological polar surface area (TPSA) is 25.8 Å². The Morgan fingerprint density at radius 3 is 2.69 bits per heavy atom. The quantitative estimate of drug-likeness (QED) is 0.747. The largest absolute Gasteiger partial charge is 0.232 e. The molecule has 84 valence electrons. The molecule has 2 heterocycles. The van der Waals surface area contributed by atoms with Crippen molar-refractivity contribution in [3.8, 4) is 10.6 Å². The predicted molar refractivity (Wildman–Crippen MR) is 72.1 cm³/mol. The molecule has 5 heteroatoms. The maximum atomic E-state index is 6.09. The van der Waals surface area contributed by atoms with Gasteiger partial charge in [0.1, 0.15) is 10.4 Å². The van der Waals surface area contributed by atoms with Crippen molar-refractivity contribution in [1.82, 2.24) is 9.97 Å². The van der Waals surface area contributed by atoms with Crippen molar-refractivity contribution in [3.63, 3.8) is 0 Å². The van der Waals surface area contributed by atoms with E-state index < -0.39 is 0 Å². The number of hydrogen-bond donors (Lipinski definition) is 0. The minimum Gasteiger partial charge on any atom is -0.232 e. The van der Waals surface area contributed by atoms with Gasteiger partial charge in [0.25, 0.3) is 0 Å². The van der Waals surface area contributed by atoms with Gasteiger partial charge in [-0.05, 0) is 33.4 Å². The van der Waals surface area contributed by atoms with Crippen LogP contribution in [-0.4, -0.2) is 9.97 Å². The fourth-order valence-electron chi connectivity index (χ4n) is 1.29. The maximum Gasteiger partial charge on any atom is 0.132 e. The molecule has 0 spiro atoms. The summed E-state index contributed by atoms with van der Waals surface area (Å²) in [5, 5.41) is 2.70. The molecule has 2 aromatic rings. The summed E-state index contributed by atoms with van der Waals surface area (Å²) in [6.45, 7) is 4.14. The zero-order valence-electron chi connectivity index (χ0n) is 8.87. The summed E-state index contributed by atoms with van der Waals surface area (Å²) < 4.78 is 0.797. The van der Waals surface area contributed by atoms with Gasteiger partial charge in [0.2, 0.25) is 0 Å². The van der Waals surface area contributed by atoms with Crippen LogP contribution < -0.4 is 0 Å². The van der Waals surface area contributed by atoms with Gasteiger partial charge in [-0.25, -0.2) is 9.97 Å². The van der Waals surface area contributed by atoms with Crippen LogP contribution in [0.2, 0.25) is 5.02 Å². The van der Waals surface area contributed by atoms with Gasteiger partial charge in [0.15, 0.2) is 0 Å². The summed E-state index contributed by atoms with van der Waals surface area (Å²) in [4.78, 5) is 9.85. The van der Waals surface area contributed by atoms with Crippen LogP contribution in [0.3, 0.4) is 0 Å². The molecular formula is C11H10BrClN2S. The Labute approximate surface area is 112 Å². The molecule has 0 unspecified atom stereocenters. The molecule has 0 saturated carbocycles. The molecule has 0 atom stereocenters. The fourth-order valence-corrected chi connectivity index (χ4v) is 2.80. The molecule has 0 saturated heterocycles. The van der Waals surface area contributed by atoms with Crippen LogP contribution in [0.5, 0.6) is 0 Å². The van der Waals surface area contributed by atoms with E-state index in [1.54, 1.807) is 11.3 Å². The molecule has 2 nitrogen and oxygen atoms in total. The Hall–Kier alpha value is -0.450. The Morgan fingerprint density at radius 1 is 1.38 bits per heavy atom. The summed E-state index contributed by atoms with van der Waals surface area (Å²) in [5.41, 5.74) is 0.880. The van der Waals surface area contributed by atoms with Gasteiger partial charge in [-0.15, -0.1) is 11.3 Å². The van der Waals surface area contributed by atoms with Gasteiger partial charge < -0.3 is 0 Å². The van der Waals surface area contributed by atoms with Crippen LogP contribution in [0.1, 0.15) is 25.6 Å². The van der Waals surface area contributed by atoms with Crippen LogP contribution in [0.25, 0.3) is 10.6 Å². The molecule has 2 rings (SSSR count). The molecule has 2 aromatic heterocycles. The first-order valence-corrected chi connectivity index (χ1v) is 6.91. The Kier molecular flexibility index (Phi) is 3.62. The first-order valence-electron chi connectivity index (χ1n) is 4.85. The maximum absolute atomic E-state index is 6.09. The average molecular weight is 318 g/mol. The lowest BCUT2D eigenvalue weighted by Gasteiger charge is -2.06. The van der Waals surface area contributed by atoms with Crippen LogP contribution in [0.15, 0.2) is 22.1 Å². The zero-order valence-corrected chi connectivity index (χ0v) is 12.0. The summed E-state index contributed by atoms with van der Waals surface area (Å²) in [6.07, 6.45) is 0. The molecule has 0 fully saturated rings. The molecule has 0 aliphatic heterocycles. The van der Waals surface area contributed by atoms with Crippen molar-refractivity contribution in [1.29, 1.82) is 0 Å². The van der Waals surface area contributed by atoms with Crippen molar-refractivity contribution >= 4 is 38.9 Å². The summed E-state index contributed by atoms with van der Waals surface area (Å²) in [5.74, 6) is 1.13. The van der Waals surface area contributed by atoms with E-state index in [9.17, 15) is 0 Å². The van der Waals surface area contributed by atoms with E-state index in [0.717, 1.165) is 26.0 Å². The van der Waals surface area contributed by atoms with Crippen LogP contribution in [0, 0.1) is 0 Å². The number of nitrogens with zero attached hydrogens (tertiary/aromatic N) is 2. The molecule has 0 aliphatic carbocycles. The van der Waals surface area contributed by atoms with Gasteiger partial charge in [-0.2, -0.15) is 0 Å². The van der Waals surface area contributed by atoms with Crippen LogP contribution >= 0.6 is 38.9 Å². The standard InChI is InChI=1S/C11H10BrClN2S/c1-6(2)11-14-8(5-9(12)15-11)10-7(13)3-4-16-10/h3-6H,1-2H3. The van der Waals surface area contributed by atoms with Crippen molar-refractivity contribution < 1.29 is 0 Å². The predicted octanol–water partition coefficient (Wildman–Crippen LogP) is 4.74. The van der Waals surface area contributed by atoms with Gasteiger partial charge in [0.05, 0.1) is 15.6 Å². The summed E-state index contributed by atoms with van der Waals surface area (Å²) in [7, 11) is 0. The van der Waals surface area contributed by atoms with E-state index >= 15 is 0 Å². The molecule has 0 aromatic carbocycles. The first kappa shape index (κ1) is 12.0. The molecular weight excluding hydrogens is 308 g/mol. The zero-order chi connectivity index (χ0) is 11.7. The number of aromatic nitrogens is 2. The fraction of sp³-hybridized carbons (Fsp3) is 0.273. The Bertz CT molecular complexity index is 510. The van der Waals surface area contributed by atoms with E-state index in [-0.39, 0.29) is 0 Å². The second-order valence-electron chi connectivity index (χ2n) is 3.69. The van der Waals surface area contributed by atoms with Crippen molar-refractivity contribution in [3.05, 3.63) is 33.0 Å². The van der Waals surface area contributed by atoms with Crippen molar-refractivity contribution in [2.45, 2.75) is 19.8 Å². The lowest BCUT2D eigenvalue weighted by Crippen LogP contribution is -1.99. The Morgan fingerprint density at radius 2 is 2.12 bits per heavy atom. The van der Waals surface area contributed by atoms with E-state index in [1.165, 1.54) is 0 Å². The molecule has 0 amide bonds. The highest BCUT2D eigenvalue weighted by molar-refractivity contribution is 9.10. The highest BCUT2D eigenvalue weighted by Gasteiger charge is 2.11. The van der Waals surface area contributed by atoms with E-state index in [2.05, 4.69) is 39.7 Å². The lowest BCUT2D eigenvalue weighted by molar-refractivity contribution is 0.771. The minimum absolute atomic E-state index is 0.301. The van der Waals surface area contributed by atoms with E-state index in [0.29, 0.717) is 5.92 Å². The molecule has 0 radical (unpaired) electrons. The normalized spacial score (nSPS) is 11.1. The second kappa shape index (κ2) is 4.82. The number of hydrogen-bond acceptors (Lipinski definition) is 3. The highest BCUT2D eigenvalue weighted by atomic mass is 79.9. The van der Waals surface area contributed by atoms with Gasteiger partial charge >= 0.3 is 0 Å². The Balaban J connectivity index is 2.54. The molecule has 0 bridgehead atoms. The monoisotopic (exact) mass is 316 g/mol. The smallest absolute Gasteiger partial charge is 0.132 e. The highest BCUT2D eigenvalue weighted by Crippen LogP contribution is 2.33. The van der Waals surface area contributed by atoms with Crippen LogP contribution in [-0.2, 0) is 0 Å². The third-order valence-electron chi connectivity index (χ3n) is 2.08. The summed E-state index contributed by atoms with van der Waals surface area (Å²) >= 11 is 11.1. The van der Waals surface area contributed by atoms with Gasteiger partial charge in [-0.3, -0.25) is 0 Å². The molecule has 0 N–H and O–H groups in total. The van der Waals surface area contributed by atoms with E-state index in [4.69, 9.17) is 11.6 Å². The molecule has 16 heavy (non-hydrogen) atoms. The van der Waals surface area contributed by atoms with Crippen molar-refractivity contribution in [2.75, 3.05) is 0 Å². The van der Waals surface area contributed by atoms with Crippen molar-refractivity contribution in [2.24, 2.45) is 0 Å².